The van der Waals surface area contributed by atoms with E-state index < -0.39 is 0 Å². The standard InChI is InChI=1S/C15H27N3S/c1-12(2)7-8-17-15(16-4)18-11-13(3)10-14-6-5-9-19-14/h5-6,9,12-13H,7-8,10-11H2,1-4H3,(H2,16,17,18). The van der Waals surface area contributed by atoms with Gasteiger partial charge in [-0.15, -0.1) is 11.3 Å². The number of hydrogen-bond acceptors (Lipinski definition) is 2. The van der Waals surface area contributed by atoms with Gasteiger partial charge in [0.15, 0.2) is 5.96 Å². The van der Waals surface area contributed by atoms with E-state index in [4.69, 9.17) is 0 Å². The van der Waals surface area contributed by atoms with Gasteiger partial charge in [0.05, 0.1) is 0 Å². The second kappa shape index (κ2) is 8.97. The number of guanidine groups is 1. The lowest BCUT2D eigenvalue weighted by Crippen LogP contribution is -2.40. The molecule has 0 aromatic carbocycles. The van der Waals surface area contributed by atoms with Gasteiger partial charge in [-0.3, -0.25) is 4.99 Å². The zero-order valence-electron chi connectivity index (χ0n) is 12.6. The van der Waals surface area contributed by atoms with Gasteiger partial charge >= 0.3 is 0 Å². The van der Waals surface area contributed by atoms with Crippen molar-refractivity contribution in [3.63, 3.8) is 0 Å². The van der Waals surface area contributed by atoms with Crippen molar-refractivity contribution in [2.45, 2.75) is 33.6 Å². The summed E-state index contributed by atoms with van der Waals surface area (Å²) in [5.41, 5.74) is 0. The maximum atomic E-state index is 4.25. The van der Waals surface area contributed by atoms with Crippen LogP contribution in [0, 0.1) is 11.8 Å². The van der Waals surface area contributed by atoms with Gasteiger partial charge in [-0.1, -0.05) is 26.8 Å². The lowest BCUT2D eigenvalue weighted by atomic mass is 10.1. The average molecular weight is 281 g/mol. The van der Waals surface area contributed by atoms with Crippen LogP contribution in [0.15, 0.2) is 22.5 Å². The molecule has 3 nitrogen and oxygen atoms in total. The predicted octanol–water partition coefficient (Wildman–Crippen LogP) is 3.14. The number of nitrogens with one attached hydrogen (secondary N) is 2. The quantitative estimate of drug-likeness (QED) is 0.595. The van der Waals surface area contributed by atoms with Crippen molar-refractivity contribution < 1.29 is 0 Å². The van der Waals surface area contributed by atoms with Crippen molar-refractivity contribution in [1.29, 1.82) is 0 Å². The molecule has 108 valence electrons. The highest BCUT2D eigenvalue weighted by molar-refractivity contribution is 7.09. The zero-order valence-corrected chi connectivity index (χ0v) is 13.4. The molecule has 1 aromatic rings. The molecule has 1 rings (SSSR count). The molecule has 0 bridgehead atoms. The van der Waals surface area contributed by atoms with Crippen molar-refractivity contribution in [3.8, 4) is 0 Å². The molecule has 2 N–H and O–H groups in total. The molecule has 0 fully saturated rings. The topological polar surface area (TPSA) is 36.4 Å². The van der Waals surface area contributed by atoms with Crippen molar-refractivity contribution in [3.05, 3.63) is 22.4 Å². The van der Waals surface area contributed by atoms with Crippen LogP contribution in [0.3, 0.4) is 0 Å². The third-order valence-corrected chi connectivity index (χ3v) is 3.88. The lowest BCUT2D eigenvalue weighted by molar-refractivity contribution is 0.549. The third-order valence-electron chi connectivity index (χ3n) is 2.99. The Bertz CT molecular complexity index is 357. The van der Waals surface area contributed by atoms with E-state index in [-0.39, 0.29) is 0 Å². The van der Waals surface area contributed by atoms with Crippen LogP contribution >= 0.6 is 11.3 Å². The Labute approximate surface area is 121 Å². The first-order valence-corrected chi connectivity index (χ1v) is 7.96. The SMILES string of the molecule is CN=C(NCCC(C)C)NCC(C)Cc1cccs1. The predicted molar refractivity (Wildman–Crippen MR) is 86.0 cm³/mol. The molecular weight excluding hydrogens is 254 g/mol. The maximum absolute atomic E-state index is 4.25. The Balaban J connectivity index is 2.21. The summed E-state index contributed by atoms with van der Waals surface area (Å²) in [5.74, 6) is 2.25. The van der Waals surface area contributed by atoms with E-state index in [9.17, 15) is 0 Å². The van der Waals surface area contributed by atoms with E-state index in [2.05, 4.69) is 53.9 Å². The fourth-order valence-electron chi connectivity index (χ4n) is 1.82. The average Bonchev–Trinajstić information content (AvgIpc) is 2.85. The summed E-state index contributed by atoms with van der Waals surface area (Å²) in [6, 6.07) is 4.32. The Morgan fingerprint density at radius 1 is 1.32 bits per heavy atom. The van der Waals surface area contributed by atoms with Crippen molar-refractivity contribution in [2.75, 3.05) is 20.1 Å². The monoisotopic (exact) mass is 281 g/mol. The maximum Gasteiger partial charge on any atom is 0.190 e. The summed E-state index contributed by atoms with van der Waals surface area (Å²) in [5, 5.41) is 8.90. The Kier molecular flexibility index (Phi) is 7.56. The molecule has 0 saturated heterocycles. The molecule has 1 unspecified atom stereocenters. The normalized spacial score (nSPS) is 13.6. The van der Waals surface area contributed by atoms with Gasteiger partial charge in [0.2, 0.25) is 0 Å². The van der Waals surface area contributed by atoms with Crippen LogP contribution in [-0.4, -0.2) is 26.1 Å². The molecule has 4 heteroatoms. The Hall–Kier alpha value is -1.03. The number of nitrogens with zero attached hydrogens (tertiary/aromatic N) is 1. The minimum Gasteiger partial charge on any atom is -0.356 e. The van der Waals surface area contributed by atoms with Crippen molar-refractivity contribution in [2.24, 2.45) is 16.8 Å². The number of thiophene rings is 1. The minimum atomic E-state index is 0.613. The van der Waals surface area contributed by atoms with Gasteiger partial charge < -0.3 is 10.6 Å². The van der Waals surface area contributed by atoms with Gasteiger partial charge in [0.1, 0.15) is 0 Å². The Morgan fingerprint density at radius 3 is 2.68 bits per heavy atom. The van der Waals surface area contributed by atoms with Crippen LogP contribution < -0.4 is 10.6 Å². The molecule has 1 aromatic heterocycles. The summed E-state index contributed by atoms with van der Waals surface area (Å²) >= 11 is 1.83. The highest BCUT2D eigenvalue weighted by Crippen LogP contribution is 2.13. The molecule has 0 saturated carbocycles. The van der Waals surface area contributed by atoms with Gasteiger partial charge in [0, 0.05) is 25.0 Å². The second-order valence-electron chi connectivity index (χ2n) is 5.45. The second-order valence-corrected chi connectivity index (χ2v) is 6.48. The van der Waals surface area contributed by atoms with Gasteiger partial charge in [-0.25, -0.2) is 0 Å². The zero-order chi connectivity index (χ0) is 14.1. The molecule has 0 aliphatic rings. The summed E-state index contributed by atoms with van der Waals surface area (Å²) in [6.45, 7) is 8.69. The molecule has 1 atom stereocenters. The Morgan fingerprint density at radius 2 is 2.11 bits per heavy atom. The van der Waals surface area contributed by atoms with Crippen LogP contribution in [0.1, 0.15) is 32.1 Å². The smallest absolute Gasteiger partial charge is 0.190 e. The molecule has 0 radical (unpaired) electrons. The lowest BCUT2D eigenvalue weighted by Gasteiger charge is -2.16. The summed E-state index contributed by atoms with van der Waals surface area (Å²) < 4.78 is 0. The van der Waals surface area contributed by atoms with Crippen LogP contribution in [0.2, 0.25) is 0 Å². The largest absolute Gasteiger partial charge is 0.356 e. The third kappa shape index (κ3) is 7.21. The van der Waals surface area contributed by atoms with Crippen LogP contribution in [-0.2, 0) is 6.42 Å². The minimum absolute atomic E-state index is 0.613. The molecule has 0 amide bonds. The van der Waals surface area contributed by atoms with Crippen LogP contribution in [0.5, 0.6) is 0 Å². The molecule has 0 aliphatic carbocycles. The fraction of sp³-hybridized carbons (Fsp3) is 0.667. The van der Waals surface area contributed by atoms with E-state index in [1.807, 2.05) is 18.4 Å². The van der Waals surface area contributed by atoms with Crippen LogP contribution in [0.4, 0.5) is 0 Å². The van der Waals surface area contributed by atoms with Crippen molar-refractivity contribution in [1.82, 2.24) is 10.6 Å². The van der Waals surface area contributed by atoms with Crippen LogP contribution in [0.25, 0.3) is 0 Å². The first-order chi connectivity index (χ1) is 9.11. The first-order valence-electron chi connectivity index (χ1n) is 7.08. The van der Waals surface area contributed by atoms with E-state index in [0.29, 0.717) is 5.92 Å². The van der Waals surface area contributed by atoms with Gasteiger partial charge in [-0.05, 0) is 36.1 Å². The number of hydrogen-bond donors (Lipinski definition) is 2. The summed E-state index contributed by atoms with van der Waals surface area (Å²) in [4.78, 5) is 5.71. The van der Waals surface area contributed by atoms with E-state index >= 15 is 0 Å². The van der Waals surface area contributed by atoms with Crippen molar-refractivity contribution >= 4 is 17.3 Å². The number of aliphatic imine (C=N–C) groups is 1. The van der Waals surface area contributed by atoms with E-state index in [0.717, 1.165) is 31.4 Å². The molecular formula is C15H27N3S. The van der Waals surface area contributed by atoms with Gasteiger partial charge in [0.25, 0.3) is 0 Å². The molecule has 1 heterocycles. The van der Waals surface area contributed by atoms with E-state index in [1.165, 1.54) is 11.3 Å². The highest BCUT2D eigenvalue weighted by atomic mass is 32.1. The highest BCUT2D eigenvalue weighted by Gasteiger charge is 2.06. The van der Waals surface area contributed by atoms with Gasteiger partial charge in [-0.2, -0.15) is 0 Å². The van der Waals surface area contributed by atoms with E-state index in [1.54, 1.807) is 0 Å². The summed E-state index contributed by atoms with van der Waals surface area (Å²) in [6.07, 6.45) is 2.30. The first kappa shape index (κ1) is 16.0. The summed E-state index contributed by atoms with van der Waals surface area (Å²) in [7, 11) is 1.83. The fourth-order valence-corrected chi connectivity index (χ4v) is 2.68. The molecule has 0 aliphatic heterocycles. The number of rotatable bonds is 7. The molecule has 0 spiro atoms. The molecule has 19 heavy (non-hydrogen) atoms.